The maximum absolute atomic E-state index is 13.4. The molecule has 0 unspecified atom stereocenters. The number of hydrogen-bond donors (Lipinski definition) is 1. The molecule has 0 atom stereocenters. The third kappa shape index (κ3) is 3.61. The van der Waals surface area contributed by atoms with Crippen LogP contribution in [-0.4, -0.2) is 11.1 Å². The molecule has 20 heavy (non-hydrogen) atoms. The number of nitrogens with zero attached hydrogens (tertiary/aromatic N) is 1. The van der Waals surface area contributed by atoms with Gasteiger partial charge in [0.05, 0.1) is 16.8 Å². The summed E-state index contributed by atoms with van der Waals surface area (Å²) in [6.45, 7) is 4.26. The molecular weight excluding hydrogens is 279 g/mol. The second-order valence-corrected chi connectivity index (χ2v) is 4.97. The van der Waals surface area contributed by atoms with Gasteiger partial charge in [-0.2, -0.15) is 0 Å². The van der Waals surface area contributed by atoms with Gasteiger partial charge in [0.25, 0.3) is 0 Å². The first-order valence-corrected chi connectivity index (χ1v) is 6.74. The van der Waals surface area contributed by atoms with Crippen molar-refractivity contribution in [2.45, 2.75) is 26.5 Å². The van der Waals surface area contributed by atoms with Crippen LogP contribution in [0.15, 0.2) is 36.5 Å². The lowest BCUT2D eigenvalue weighted by Gasteiger charge is -2.14. The molecule has 0 saturated heterocycles. The van der Waals surface area contributed by atoms with Crippen molar-refractivity contribution in [2.24, 2.45) is 0 Å². The minimum absolute atomic E-state index is 0.0307. The van der Waals surface area contributed by atoms with Crippen LogP contribution in [0.3, 0.4) is 0 Å². The smallest absolute Gasteiger partial charge is 0.237 e. The highest BCUT2D eigenvalue weighted by molar-refractivity contribution is 6.31. The molecule has 0 bridgehead atoms. The highest BCUT2D eigenvalue weighted by Gasteiger charge is 2.09. The molecule has 0 spiro atoms. The van der Waals surface area contributed by atoms with E-state index >= 15 is 0 Å². The van der Waals surface area contributed by atoms with E-state index < -0.39 is 5.82 Å². The first-order chi connectivity index (χ1) is 9.58. The van der Waals surface area contributed by atoms with Crippen LogP contribution in [0.5, 0.6) is 5.88 Å². The molecule has 2 aromatic rings. The Morgan fingerprint density at radius 3 is 2.85 bits per heavy atom. The van der Waals surface area contributed by atoms with Crippen molar-refractivity contribution in [3.05, 3.63) is 52.9 Å². The first-order valence-electron chi connectivity index (χ1n) is 6.36. The fourth-order valence-electron chi connectivity index (χ4n) is 1.72. The second-order valence-electron chi connectivity index (χ2n) is 4.59. The van der Waals surface area contributed by atoms with Gasteiger partial charge in [-0.15, -0.1) is 0 Å². The standard InChI is InChI=1S/C15H16ClFN2O/c1-10(2)20-15-13(7-4-8-18-15)19-9-11-5-3-6-12(17)14(11)16/h3-8,10,19H,9H2,1-2H3. The van der Waals surface area contributed by atoms with Gasteiger partial charge in [0.15, 0.2) is 0 Å². The molecular formula is C15H16ClFN2O. The average Bonchev–Trinajstić information content (AvgIpc) is 2.41. The summed E-state index contributed by atoms with van der Waals surface area (Å²) in [7, 11) is 0. The number of pyridine rings is 1. The van der Waals surface area contributed by atoms with E-state index in [4.69, 9.17) is 16.3 Å². The van der Waals surface area contributed by atoms with Crippen molar-refractivity contribution in [1.29, 1.82) is 0 Å². The lowest BCUT2D eigenvalue weighted by Crippen LogP contribution is -2.10. The Hall–Kier alpha value is -1.81. The third-order valence-corrected chi connectivity index (χ3v) is 3.04. The van der Waals surface area contributed by atoms with E-state index in [-0.39, 0.29) is 11.1 Å². The summed E-state index contributed by atoms with van der Waals surface area (Å²) < 4.78 is 19.0. The van der Waals surface area contributed by atoms with Crippen molar-refractivity contribution >= 4 is 17.3 Å². The highest BCUT2D eigenvalue weighted by Crippen LogP contribution is 2.25. The SMILES string of the molecule is CC(C)Oc1ncccc1NCc1cccc(F)c1Cl. The molecule has 5 heteroatoms. The minimum atomic E-state index is -0.421. The molecule has 0 aliphatic carbocycles. The summed E-state index contributed by atoms with van der Waals surface area (Å²) in [5.74, 6) is 0.103. The number of nitrogens with one attached hydrogen (secondary N) is 1. The number of aromatic nitrogens is 1. The molecule has 0 aliphatic rings. The lowest BCUT2D eigenvalue weighted by molar-refractivity contribution is 0.234. The molecule has 0 aliphatic heterocycles. The molecule has 1 heterocycles. The lowest BCUT2D eigenvalue weighted by atomic mass is 10.2. The number of anilines is 1. The third-order valence-electron chi connectivity index (χ3n) is 2.62. The van der Waals surface area contributed by atoms with E-state index in [0.717, 1.165) is 5.69 Å². The van der Waals surface area contributed by atoms with Crippen molar-refractivity contribution in [2.75, 3.05) is 5.32 Å². The van der Waals surface area contributed by atoms with Gasteiger partial charge >= 0.3 is 0 Å². The van der Waals surface area contributed by atoms with Crippen LogP contribution < -0.4 is 10.1 Å². The molecule has 1 aromatic carbocycles. The predicted octanol–water partition coefficient (Wildman–Crippen LogP) is 4.27. The Morgan fingerprint density at radius 2 is 2.10 bits per heavy atom. The van der Waals surface area contributed by atoms with Crippen LogP contribution in [0.2, 0.25) is 5.02 Å². The van der Waals surface area contributed by atoms with Crippen LogP contribution >= 0.6 is 11.6 Å². The Balaban J connectivity index is 2.13. The number of benzene rings is 1. The van der Waals surface area contributed by atoms with Gasteiger partial charge in [0, 0.05) is 12.7 Å². The second kappa shape index (κ2) is 6.57. The molecule has 0 saturated carbocycles. The van der Waals surface area contributed by atoms with Crippen LogP contribution in [0.1, 0.15) is 19.4 Å². The van der Waals surface area contributed by atoms with E-state index in [0.29, 0.717) is 18.0 Å². The van der Waals surface area contributed by atoms with E-state index in [1.165, 1.54) is 6.07 Å². The zero-order valence-corrected chi connectivity index (χ0v) is 12.1. The van der Waals surface area contributed by atoms with Crippen LogP contribution in [0, 0.1) is 5.82 Å². The van der Waals surface area contributed by atoms with Gasteiger partial charge in [-0.05, 0) is 37.6 Å². The number of halogens is 2. The van der Waals surface area contributed by atoms with Crippen molar-refractivity contribution in [1.82, 2.24) is 4.98 Å². The van der Waals surface area contributed by atoms with Crippen molar-refractivity contribution in [3.63, 3.8) is 0 Å². The predicted molar refractivity (Wildman–Crippen MR) is 78.7 cm³/mol. The molecule has 2 rings (SSSR count). The zero-order chi connectivity index (χ0) is 14.5. The van der Waals surface area contributed by atoms with Crippen LogP contribution in [-0.2, 0) is 6.54 Å². The molecule has 0 fully saturated rings. The number of hydrogen-bond acceptors (Lipinski definition) is 3. The van der Waals surface area contributed by atoms with E-state index in [1.807, 2.05) is 26.0 Å². The average molecular weight is 295 g/mol. The van der Waals surface area contributed by atoms with Gasteiger partial charge in [0.2, 0.25) is 5.88 Å². The first kappa shape index (κ1) is 14.6. The fraction of sp³-hybridized carbons (Fsp3) is 0.267. The summed E-state index contributed by atoms with van der Waals surface area (Å²) in [6, 6.07) is 8.41. The van der Waals surface area contributed by atoms with Gasteiger partial charge in [-0.3, -0.25) is 0 Å². The molecule has 3 nitrogen and oxygen atoms in total. The van der Waals surface area contributed by atoms with E-state index in [1.54, 1.807) is 18.3 Å². The zero-order valence-electron chi connectivity index (χ0n) is 11.4. The molecule has 1 aromatic heterocycles. The Labute approximate surface area is 122 Å². The maximum atomic E-state index is 13.4. The van der Waals surface area contributed by atoms with Crippen molar-refractivity contribution in [3.8, 4) is 5.88 Å². The molecule has 0 radical (unpaired) electrons. The normalized spacial score (nSPS) is 10.7. The minimum Gasteiger partial charge on any atom is -0.473 e. The Morgan fingerprint density at radius 1 is 1.30 bits per heavy atom. The van der Waals surface area contributed by atoms with E-state index in [9.17, 15) is 4.39 Å². The Kier molecular flexibility index (Phi) is 4.79. The summed E-state index contributed by atoms with van der Waals surface area (Å²) in [6.07, 6.45) is 1.70. The Bertz CT molecular complexity index is 590. The largest absolute Gasteiger partial charge is 0.473 e. The molecule has 0 amide bonds. The topological polar surface area (TPSA) is 34.1 Å². The number of ether oxygens (including phenoxy) is 1. The van der Waals surface area contributed by atoms with E-state index in [2.05, 4.69) is 10.3 Å². The van der Waals surface area contributed by atoms with Gasteiger partial charge in [-0.1, -0.05) is 23.7 Å². The summed E-state index contributed by atoms with van der Waals surface area (Å²) in [4.78, 5) is 4.18. The summed E-state index contributed by atoms with van der Waals surface area (Å²) in [5.41, 5.74) is 1.44. The fourth-order valence-corrected chi connectivity index (χ4v) is 1.91. The quantitative estimate of drug-likeness (QED) is 0.894. The van der Waals surface area contributed by atoms with Gasteiger partial charge < -0.3 is 10.1 Å². The van der Waals surface area contributed by atoms with Crippen molar-refractivity contribution < 1.29 is 9.13 Å². The van der Waals surface area contributed by atoms with Gasteiger partial charge in [-0.25, -0.2) is 9.37 Å². The summed E-state index contributed by atoms with van der Waals surface area (Å²) >= 11 is 5.92. The number of rotatable bonds is 5. The van der Waals surface area contributed by atoms with Crippen LogP contribution in [0.25, 0.3) is 0 Å². The monoisotopic (exact) mass is 294 g/mol. The maximum Gasteiger partial charge on any atom is 0.237 e. The molecule has 1 N–H and O–H groups in total. The summed E-state index contributed by atoms with van der Waals surface area (Å²) in [5, 5.41) is 3.30. The highest BCUT2D eigenvalue weighted by atomic mass is 35.5. The van der Waals surface area contributed by atoms with Gasteiger partial charge in [0.1, 0.15) is 5.82 Å². The molecule has 106 valence electrons. The van der Waals surface area contributed by atoms with Crippen LogP contribution in [0.4, 0.5) is 10.1 Å².